The molecule has 1 rings (SSSR count). The number of nitrogens with zero attached hydrogens (tertiary/aromatic N) is 1. The highest BCUT2D eigenvalue weighted by Crippen LogP contribution is 2.06. The van der Waals surface area contributed by atoms with E-state index in [1.165, 1.54) is 12.1 Å². The zero-order valence-electron chi connectivity index (χ0n) is 10.2. The largest absolute Gasteiger partial charge is 0.343 e. The topological polar surface area (TPSA) is 46.3 Å². The Bertz CT molecular complexity index is 351. The smallest absolute Gasteiger partial charge is 0.226 e. The quantitative estimate of drug-likeness (QED) is 0.817. The Morgan fingerprint density at radius 3 is 2.53 bits per heavy atom. The molecule has 0 aromatic heterocycles. The number of rotatable bonds is 6. The van der Waals surface area contributed by atoms with Crippen LogP contribution in [-0.2, 0) is 11.2 Å². The molecule has 0 fully saturated rings. The summed E-state index contributed by atoms with van der Waals surface area (Å²) in [6.45, 7) is 3.90. The van der Waals surface area contributed by atoms with E-state index in [9.17, 15) is 9.18 Å². The van der Waals surface area contributed by atoms with E-state index in [2.05, 4.69) is 0 Å². The molecule has 2 N–H and O–H groups in total. The molecule has 0 aliphatic rings. The minimum atomic E-state index is -0.281. The summed E-state index contributed by atoms with van der Waals surface area (Å²) in [5, 5.41) is 0. The molecular weight excluding hydrogens is 219 g/mol. The first-order chi connectivity index (χ1) is 8.17. The van der Waals surface area contributed by atoms with Crippen LogP contribution in [0.5, 0.6) is 0 Å². The van der Waals surface area contributed by atoms with Gasteiger partial charge in [-0.05, 0) is 37.6 Å². The van der Waals surface area contributed by atoms with Gasteiger partial charge in [0.2, 0.25) is 5.91 Å². The first kappa shape index (κ1) is 13.6. The summed E-state index contributed by atoms with van der Waals surface area (Å²) in [7, 11) is 0. The predicted octanol–water partition coefficient (Wildman–Crippen LogP) is 1.57. The molecule has 17 heavy (non-hydrogen) atoms. The molecule has 0 aliphatic carbocycles. The standard InChI is InChI=1S/C13H19FN2O/c1-2-16(9-3-8-15)13(17)10-11-4-6-12(14)7-5-11/h4-7H,2-3,8-10,15H2,1H3. The third-order valence-electron chi connectivity index (χ3n) is 2.64. The van der Waals surface area contributed by atoms with E-state index in [-0.39, 0.29) is 11.7 Å². The fourth-order valence-corrected chi connectivity index (χ4v) is 1.63. The number of carbonyl (C=O) groups excluding carboxylic acids is 1. The van der Waals surface area contributed by atoms with Gasteiger partial charge in [-0.1, -0.05) is 12.1 Å². The van der Waals surface area contributed by atoms with Crippen molar-refractivity contribution in [2.75, 3.05) is 19.6 Å². The number of hydrogen-bond donors (Lipinski definition) is 1. The summed E-state index contributed by atoms with van der Waals surface area (Å²) in [4.78, 5) is 13.7. The minimum absolute atomic E-state index is 0.0626. The van der Waals surface area contributed by atoms with Crippen molar-refractivity contribution in [1.82, 2.24) is 4.90 Å². The van der Waals surface area contributed by atoms with Gasteiger partial charge < -0.3 is 10.6 Å². The summed E-state index contributed by atoms with van der Waals surface area (Å²) in [6, 6.07) is 6.03. The van der Waals surface area contributed by atoms with E-state index in [1.54, 1.807) is 17.0 Å². The number of nitrogens with two attached hydrogens (primary N) is 1. The summed E-state index contributed by atoms with van der Waals surface area (Å²) >= 11 is 0. The number of likely N-dealkylation sites (N-methyl/N-ethyl adjacent to an activating group) is 1. The van der Waals surface area contributed by atoms with Crippen molar-refractivity contribution in [2.45, 2.75) is 19.8 Å². The van der Waals surface area contributed by atoms with Gasteiger partial charge in [0.15, 0.2) is 0 Å². The van der Waals surface area contributed by atoms with Crippen molar-refractivity contribution in [2.24, 2.45) is 5.73 Å². The normalized spacial score (nSPS) is 10.3. The van der Waals surface area contributed by atoms with Crippen molar-refractivity contribution in [3.63, 3.8) is 0 Å². The molecule has 0 bridgehead atoms. The van der Waals surface area contributed by atoms with Crippen molar-refractivity contribution in [3.05, 3.63) is 35.6 Å². The first-order valence-electron chi connectivity index (χ1n) is 5.89. The molecule has 0 heterocycles. The van der Waals surface area contributed by atoms with Crippen LogP contribution in [0.1, 0.15) is 18.9 Å². The lowest BCUT2D eigenvalue weighted by molar-refractivity contribution is -0.130. The number of halogens is 1. The monoisotopic (exact) mass is 238 g/mol. The number of amides is 1. The van der Waals surface area contributed by atoms with Gasteiger partial charge in [0.1, 0.15) is 5.82 Å². The highest BCUT2D eigenvalue weighted by molar-refractivity contribution is 5.78. The van der Waals surface area contributed by atoms with Gasteiger partial charge in [0.25, 0.3) is 0 Å². The van der Waals surface area contributed by atoms with E-state index in [0.717, 1.165) is 12.0 Å². The maximum absolute atomic E-state index is 12.7. The fourth-order valence-electron chi connectivity index (χ4n) is 1.63. The summed E-state index contributed by atoms with van der Waals surface area (Å²) in [5.41, 5.74) is 6.26. The van der Waals surface area contributed by atoms with Crippen molar-refractivity contribution in [3.8, 4) is 0 Å². The molecule has 1 amide bonds. The third-order valence-corrected chi connectivity index (χ3v) is 2.64. The zero-order valence-corrected chi connectivity index (χ0v) is 10.2. The molecule has 0 unspecified atom stereocenters. The zero-order chi connectivity index (χ0) is 12.7. The van der Waals surface area contributed by atoms with Crippen LogP contribution < -0.4 is 5.73 Å². The van der Waals surface area contributed by atoms with Gasteiger partial charge in [-0.15, -0.1) is 0 Å². The molecule has 0 aliphatic heterocycles. The average Bonchev–Trinajstić information content (AvgIpc) is 2.33. The molecule has 3 nitrogen and oxygen atoms in total. The van der Waals surface area contributed by atoms with Crippen LogP contribution >= 0.6 is 0 Å². The second-order valence-corrected chi connectivity index (χ2v) is 3.92. The lowest BCUT2D eigenvalue weighted by Crippen LogP contribution is -2.33. The second kappa shape index (κ2) is 7.01. The number of benzene rings is 1. The number of hydrogen-bond acceptors (Lipinski definition) is 2. The Hall–Kier alpha value is -1.42. The van der Waals surface area contributed by atoms with Crippen LogP contribution in [0.25, 0.3) is 0 Å². The van der Waals surface area contributed by atoms with Crippen LogP contribution in [0.2, 0.25) is 0 Å². The van der Waals surface area contributed by atoms with E-state index in [0.29, 0.717) is 26.1 Å². The average molecular weight is 238 g/mol. The van der Waals surface area contributed by atoms with Gasteiger partial charge in [-0.2, -0.15) is 0 Å². The predicted molar refractivity (Wildman–Crippen MR) is 66.0 cm³/mol. The highest BCUT2D eigenvalue weighted by Gasteiger charge is 2.11. The summed E-state index contributed by atoms with van der Waals surface area (Å²) in [6.07, 6.45) is 1.13. The SMILES string of the molecule is CCN(CCCN)C(=O)Cc1ccc(F)cc1. The second-order valence-electron chi connectivity index (χ2n) is 3.92. The fraction of sp³-hybridized carbons (Fsp3) is 0.462. The molecule has 1 aromatic rings. The molecule has 0 spiro atoms. The van der Waals surface area contributed by atoms with E-state index < -0.39 is 0 Å². The van der Waals surface area contributed by atoms with Crippen molar-refractivity contribution in [1.29, 1.82) is 0 Å². The Kier molecular flexibility index (Phi) is 5.63. The highest BCUT2D eigenvalue weighted by atomic mass is 19.1. The molecular formula is C13H19FN2O. The lowest BCUT2D eigenvalue weighted by atomic mass is 10.1. The Morgan fingerprint density at radius 1 is 1.35 bits per heavy atom. The van der Waals surface area contributed by atoms with Gasteiger partial charge in [0.05, 0.1) is 6.42 Å². The van der Waals surface area contributed by atoms with E-state index in [4.69, 9.17) is 5.73 Å². The molecule has 0 saturated heterocycles. The van der Waals surface area contributed by atoms with E-state index in [1.807, 2.05) is 6.92 Å². The molecule has 0 atom stereocenters. The van der Waals surface area contributed by atoms with Gasteiger partial charge in [-0.25, -0.2) is 4.39 Å². The first-order valence-corrected chi connectivity index (χ1v) is 5.89. The van der Waals surface area contributed by atoms with Gasteiger partial charge >= 0.3 is 0 Å². The summed E-state index contributed by atoms with van der Waals surface area (Å²) < 4.78 is 12.7. The van der Waals surface area contributed by atoms with Crippen molar-refractivity contribution < 1.29 is 9.18 Å². The Balaban J connectivity index is 2.54. The van der Waals surface area contributed by atoms with Gasteiger partial charge in [-0.3, -0.25) is 4.79 Å². The van der Waals surface area contributed by atoms with Gasteiger partial charge in [0, 0.05) is 13.1 Å². The minimum Gasteiger partial charge on any atom is -0.343 e. The summed E-state index contributed by atoms with van der Waals surface area (Å²) in [5.74, 6) is -0.218. The maximum Gasteiger partial charge on any atom is 0.226 e. The van der Waals surface area contributed by atoms with Crippen LogP contribution in [0, 0.1) is 5.82 Å². The molecule has 0 saturated carbocycles. The van der Waals surface area contributed by atoms with Crippen molar-refractivity contribution >= 4 is 5.91 Å². The van der Waals surface area contributed by atoms with E-state index >= 15 is 0 Å². The molecule has 94 valence electrons. The molecule has 4 heteroatoms. The molecule has 1 aromatic carbocycles. The lowest BCUT2D eigenvalue weighted by Gasteiger charge is -2.20. The maximum atomic E-state index is 12.7. The van der Waals surface area contributed by atoms with Crippen LogP contribution in [0.15, 0.2) is 24.3 Å². The van der Waals surface area contributed by atoms with Crippen LogP contribution in [0.4, 0.5) is 4.39 Å². The molecule has 0 radical (unpaired) electrons. The van der Waals surface area contributed by atoms with Crippen LogP contribution in [-0.4, -0.2) is 30.4 Å². The van der Waals surface area contributed by atoms with Crippen LogP contribution in [0.3, 0.4) is 0 Å². The third kappa shape index (κ3) is 4.53. The Morgan fingerprint density at radius 2 is 2.00 bits per heavy atom. The number of carbonyl (C=O) groups is 1. The Labute approximate surface area is 101 Å².